The van der Waals surface area contributed by atoms with Crippen LogP contribution in [0.5, 0.6) is 0 Å². The lowest BCUT2D eigenvalue weighted by atomic mass is 10.0. The van der Waals surface area contributed by atoms with E-state index in [2.05, 4.69) is 10.6 Å². The smallest absolute Gasteiger partial charge is 0.319 e. The molecule has 2 aromatic carbocycles. The van der Waals surface area contributed by atoms with E-state index < -0.39 is 11.8 Å². The zero-order valence-electron chi connectivity index (χ0n) is 12.1. The summed E-state index contributed by atoms with van der Waals surface area (Å²) in [5.41, 5.74) is 1.36. The molecule has 1 atom stereocenters. The lowest BCUT2D eigenvalue weighted by molar-refractivity contribution is 0.244. The first-order valence-electron chi connectivity index (χ1n) is 7.18. The molecular formula is C17H19FN2O2. The van der Waals surface area contributed by atoms with Crippen molar-refractivity contribution in [1.82, 2.24) is 5.32 Å². The van der Waals surface area contributed by atoms with Crippen LogP contribution in [0.25, 0.3) is 0 Å². The second-order valence-electron chi connectivity index (χ2n) is 4.94. The van der Waals surface area contributed by atoms with Crippen molar-refractivity contribution >= 4 is 11.7 Å². The Hall–Kier alpha value is -2.40. The number of aliphatic hydroxyl groups is 1. The second kappa shape index (κ2) is 8.14. The fourth-order valence-corrected chi connectivity index (χ4v) is 2.19. The average Bonchev–Trinajstić information content (AvgIpc) is 2.52. The first-order valence-corrected chi connectivity index (χ1v) is 7.18. The second-order valence-corrected chi connectivity index (χ2v) is 4.94. The molecule has 2 amide bonds. The predicted octanol–water partition coefficient (Wildman–Crippen LogP) is 3.46. The molecule has 0 radical (unpaired) electrons. The number of anilines is 1. The van der Waals surface area contributed by atoms with Gasteiger partial charge < -0.3 is 15.7 Å². The number of rotatable bonds is 6. The zero-order chi connectivity index (χ0) is 15.8. The first kappa shape index (κ1) is 16.0. The summed E-state index contributed by atoms with van der Waals surface area (Å²) in [7, 11) is 0. The van der Waals surface area contributed by atoms with Crippen LogP contribution in [-0.2, 0) is 0 Å². The quantitative estimate of drug-likeness (QED) is 0.765. The molecule has 0 aliphatic rings. The van der Waals surface area contributed by atoms with Crippen LogP contribution in [0.2, 0.25) is 0 Å². The Labute approximate surface area is 129 Å². The van der Waals surface area contributed by atoms with Crippen molar-refractivity contribution in [2.45, 2.75) is 18.9 Å². The molecule has 3 N–H and O–H groups in total. The van der Waals surface area contributed by atoms with E-state index in [4.69, 9.17) is 5.11 Å². The summed E-state index contributed by atoms with van der Waals surface area (Å²) in [6, 6.07) is 14.6. The van der Waals surface area contributed by atoms with Crippen LogP contribution in [0, 0.1) is 5.82 Å². The summed E-state index contributed by atoms with van der Waals surface area (Å²) in [5.74, 6) is -0.405. The van der Waals surface area contributed by atoms with E-state index in [9.17, 15) is 9.18 Å². The van der Waals surface area contributed by atoms with Gasteiger partial charge in [0.05, 0.1) is 6.04 Å². The minimum atomic E-state index is -0.405. The Bertz CT molecular complexity index is 605. The fourth-order valence-electron chi connectivity index (χ4n) is 2.19. The molecule has 116 valence electrons. The Morgan fingerprint density at radius 3 is 2.59 bits per heavy atom. The number of nitrogens with one attached hydrogen (secondary N) is 2. The van der Waals surface area contributed by atoms with Gasteiger partial charge in [-0.05, 0) is 36.6 Å². The summed E-state index contributed by atoms with van der Waals surface area (Å²) in [6.45, 7) is 0.0660. The maximum absolute atomic E-state index is 13.1. The van der Waals surface area contributed by atoms with Gasteiger partial charge >= 0.3 is 6.03 Å². The van der Waals surface area contributed by atoms with Crippen molar-refractivity contribution in [2.75, 3.05) is 11.9 Å². The Morgan fingerprint density at radius 1 is 1.14 bits per heavy atom. The molecule has 5 heteroatoms. The van der Waals surface area contributed by atoms with Crippen LogP contribution >= 0.6 is 0 Å². The van der Waals surface area contributed by atoms with Crippen LogP contribution in [0.15, 0.2) is 54.6 Å². The number of benzene rings is 2. The molecule has 0 bridgehead atoms. The summed E-state index contributed by atoms with van der Waals surface area (Å²) in [5, 5.41) is 14.5. The highest BCUT2D eigenvalue weighted by Gasteiger charge is 2.14. The van der Waals surface area contributed by atoms with Crippen molar-refractivity contribution in [2.24, 2.45) is 0 Å². The maximum Gasteiger partial charge on any atom is 0.319 e. The molecule has 0 saturated heterocycles. The van der Waals surface area contributed by atoms with E-state index in [0.717, 1.165) is 5.56 Å². The third-order valence-corrected chi connectivity index (χ3v) is 3.24. The third-order valence-electron chi connectivity index (χ3n) is 3.24. The number of hydrogen-bond acceptors (Lipinski definition) is 2. The number of amides is 2. The molecule has 0 aliphatic heterocycles. The van der Waals surface area contributed by atoms with Gasteiger partial charge in [0, 0.05) is 12.3 Å². The number of hydrogen-bond donors (Lipinski definition) is 3. The molecule has 1 unspecified atom stereocenters. The van der Waals surface area contributed by atoms with E-state index in [1.807, 2.05) is 30.3 Å². The van der Waals surface area contributed by atoms with Crippen molar-refractivity contribution in [1.29, 1.82) is 0 Å². The predicted molar refractivity (Wildman–Crippen MR) is 84.1 cm³/mol. The van der Waals surface area contributed by atoms with Gasteiger partial charge in [-0.25, -0.2) is 9.18 Å². The molecule has 22 heavy (non-hydrogen) atoms. The SMILES string of the molecule is O=C(Nc1cccc(F)c1)NC(CCCO)c1ccccc1. The summed E-state index contributed by atoms with van der Waals surface area (Å²) >= 11 is 0. The minimum Gasteiger partial charge on any atom is -0.396 e. The summed E-state index contributed by atoms with van der Waals surface area (Å²) < 4.78 is 13.1. The Balaban J connectivity index is 2.01. The topological polar surface area (TPSA) is 61.4 Å². The maximum atomic E-state index is 13.1. The lowest BCUT2D eigenvalue weighted by Crippen LogP contribution is -2.32. The van der Waals surface area contributed by atoms with E-state index in [1.165, 1.54) is 18.2 Å². The fraction of sp³-hybridized carbons (Fsp3) is 0.235. The normalized spacial score (nSPS) is 11.7. The highest BCUT2D eigenvalue weighted by Crippen LogP contribution is 2.18. The van der Waals surface area contributed by atoms with Gasteiger partial charge in [0.25, 0.3) is 0 Å². The van der Waals surface area contributed by atoms with Crippen LogP contribution in [0.4, 0.5) is 14.9 Å². The monoisotopic (exact) mass is 302 g/mol. The lowest BCUT2D eigenvalue weighted by Gasteiger charge is -2.19. The highest BCUT2D eigenvalue weighted by molar-refractivity contribution is 5.89. The van der Waals surface area contributed by atoms with Gasteiger partial charge in [0.1, 0.15) is 5.82 Å². The summed E-state index contributed by atoms with van der Waals surface area (Å²) in [4.78, 5) is 12.1. The van der Waals surface area contributed by atoms with Gasteiger partial charge in [-0.2, -0.15) is 0 Å². The molecule has 2 rings (SSSR count). The number of carbonyl (C=O) groups is 1. The molecule has 0 spiro atoms. The van der Waals surface area contributed by atoms with Crippen LogP contribution in [0.1, 0.15) is 24.4 Å². The van der Waals surface area contributed by atoms with Crippen molar-refractivity contribution < 1.29 is 14.3 Å². The number of carbonyl (C=O) groups excluding carboxylic acids is 1. The largest absolute Gasteiger partial charge is 0.396 e. The van der Waals surface area contributed by atoms with E-state index >= 15 is 0 Å². The molecule has 0 fully saturated rings. The van der Waals surface area contributed by atoms with Gasteiger partial charge in [-0.3, -0.25) is 0 Å². The van der Waals surface area contributed by atoms with Gasteiger partial charge in [-0.1, -0.05) is 36.4 Å². The third kappa shape index (κ3) is 4.86. The minimum absolute atomic E-state index is 0.0660. The Kier molecular flexibility index (Phi) is 5.91. The number of halogens is 1. The van der Waals surface area contributed by atoms with E-state index in [0.29, 0.717) is 18.5 Å². The van der Waals surface area contributed by atoms with Crippen molar-refractivity contribution in [3.63, 3.8) is 0 Å². The molecule has 0 aliphatic carbocycles. The van der Waals surface area contributed by atoms with Crippen LogP contribution < -0.4 is 10.6 Å². The molecule has 2 aromatic rings. The van der Waals surface area contributed by atoms with Gasteiger partial charge in [0.15, 0.2) is 0 Å². The number of urea groups is 1. The molecule has 0 saturated carbocycles. The van der Waals surface area contributed by atoms with E-state index in [-0.39, 0.29) is 12.6 Å². The van der Waals surface area contributed by atoms with Gasteiger partial charge in [0.2, 0.25) is 0 Å². The highest BCUT2D eigenvalue weighted by atomic mass is 19.1. The van der Waals surface area contributed by atoms with Gasteiger partial charge in [-0.15, -0.1) is 0 Å². The first-order chi connectivity index (χ1) is 10.7. The molecule has 0 heterocycles. The van der Waals surface area contributed by atoms with Crippen molar-refractivity contribution in [3.05, 3.63) is 66.0 Å². The molecular weight excluding hydrogens is 283 g/mol. The Morgan fingerprint density at radius 2 is 1.91 bits per heavy atom. The number of aliphatic hydroxyl groups excluding tert-OH is 1. The average molecular weight is 302 g/mol. The molecule has 4 nitrogen and oxygen atoms in total. The summed E-state index contributed by atoms with van der Waals surface area (Å²) in [6.07, 6.45) is 1.21. The van der Waals surface area contributed by atoms with E-state index in [1.54, 1.807) is 6.07 Å². The van der Waals surface area contributed by atoms with Crippen LogP contribution in [0.3, 0.4) is 0 Å². The van der Waals surface area contributed by atoms with Crippen molar-refractivity contribution in [3.8, 4) is 0 Å². The standard InChI is InChI=1S/C17H19FN2O2/c18-14-8-4-9-15(12-14)19-17(22)20-16(10-5-11-21)13-6-2-1-3-7-13/h1-4,6-9,12,16,21H,5,10-11H2,(H2,19,20,22). The zero-order valence-corrected chi connectivity index (χ0v) is 12.1. The van der Waals surface area contributed by atoms with Crippen LogP contribution in [-0.4, -0.2) is 17.7 Å². The molecule has 0 aromatic heterocycles.